The Balaban J connectivity index is 1.68. The number of nitrogens with one attached hydrogen (secondary N) is 2. The third-order valence-corrected chi connectivity index (χ3v) is 4.24. The zero-order valence-electron chi connectivity index (χ0n) is 14.7. The summed E-state index contributed by atoms with van der Waals surface area (Å²) in [6.45, 7) is 5.95. The monoisotopic (exact) mass is 339 g/mol. The van der Waals surface area contributed by atoms with Crippen LogP contribution in [0.3, 0.4) is 0 Å². The maximum atomic E-state index is 12.3. The predicted octanol–water partition coefficient (Wildman–Crippen LogP) is 3.46. The van der Waals surface area contributed by atoms with Crippen molar-refractivity contribution in [2.24, 2.45) is 0 Å². The quantitative estimate of drug-likeness (QED) is 0.799. The van der Waals surface area contributed by atoms with Crippen LogP contribution in [0.1, 0.15) is 25.0 Å². The number of anilines is 2. The SMILES string of the molecule is CC(C)(O)CN1CCc2c(cccc2NC(=O)Nc2ccccc2)C1. The number of aliphatic hydroxyl groups is 1. The highest BCUT2D eigenvalue weighted by Crippen LogP contribution is 2.27. The molecule has 2 aromatic carbocycles. The van der Waals surface area contributed by atoms with Crippen molar-refractivity contribution in [2.75, 3.05) is 23.7 Å². The van der Waals surface area contributed by atoms with Crippen LogP contribution in [0, 0.1) is 0 Å². The minimum atomic E-state index is -0.705. The number of rotatable bonds is 4. The first-order valence-corrected chi connectivity index (χ1v) is 8.59. The molecule has 0 saturated heterocycles. The molecule has 0 aromatic heterocycles. The van der Waals surface area contributed by atoms with Crippen molar-refractivity contribution in [1.29, 1.82) is 0 Å². The molecular formula is C20H25N3O2. The largest absolute Gasteiger partial charge is 0.389 e. The van der Waals surface area contributed by atoms with Gasteiger partial charge in [-0.3, -0.25) is 4.90 Å². The third kappa shape index (κ3) is 4.81. The Morgan fingerprint density at radius 2 is 1.88 bits per heavy atom. The molecule has 25 heavy (non-hydrogen) atoms. The summed E-state index contributed by atoms with van der Waals surface area (Å²) in [5.74, 6) is 0. The Morgan fingerprint density at radius 3 is 2.60 bits per heavy atom. The van der Waals surface area contributed by atoms with E-state index >= 15 is 0 Å². The highest BCUT2D eigenvalue weighted by molar-refractivity contribution is 6.00. The van der Waals surface area contributed by atoms with Crippen molar-refractivity contribution in [3.63, 3.8) is 0 Å². The van der Waals surface area contributed by atoms with E-state index < -0.39 is 5.60 Å². The summed E-state index contributed by atoms with van der Waals surface area (Å²) in [4.78, 5) is 14.5. The normalized spacial score (nSPS) is 14.7. The first-order chi connectivity index (χ1) is 11.9. The Kier molecular flexibility index (Phi) is 5.06. The van der Waals surface area contributed by atoms with Crippen molar-refractivity contribution in [3.05, 3.63) is 59.7 Å². The van der Waals surface area contributed by atoms with Crippen LogP contribution >= 0.6 is 0 Å². The van der Waals surface area contributed by atoms with Crippen LogP contribution in [0.2, 0.25) is 0 Å². The Hall–Kier alpha value is -2.37. The van der Waals surface area contributed by atoms with Crippen LogP contribution in [0.4, 0.5) is 16.2 Å². The summed E-state index contributed by atoms with van der Waals surface area (Å²) < 4.78 is 0. The average Bonchev–Trinajstić information content (AvgIpc) is 2.54. The molecule has 0 radical (unpaired) electrons. The van der Waals surface area contributed by atoms with Crippen LogP contribution in [0.5, 0.6) is 0 Å². The summed E-state index contributed by atoms with van der Waals surface area (Å²) in [5.41, 5.74) is 3.30. The van der Waals surface area contributed by atoms with Crippen molar-refractivity contribution in [1.82, 2.24) is 4.90 Å². The molecular weight excluding hydrogens is 314 g/mol. The van der Waals surface area contributed by atoms with Crippen molar-refractivity contribution in [2.45, 2.75) is 32.4 Å². The van der Waals surface area contributed by atoms with Crippen molar-refractivity contribution in [3.8, 4) is 0 Å². The van der Waals surface area contributed by atoms with E-state index in [-0.39, 0.29) is 6.03 Å². The van der Waals surface area contributed by atoms with Gasteiger partial charge >= 0.3 is 6.03 Å². The number of para-hydroxylation sites is 1. The molecule has 0 fully saturated rings. The summed E-state index contributed by atoms with van der Waals surface area (Å²) in [7, 11) is 0. The fourth-order valence-electron chi connectivity index (χ4n) is 3.27. The van der Waals surface area contributed by atoms with Crippen LogP contribution < -0.4 is 10.6 Å². The molecule has 0 spiro atoms. The van der Waals surface area contributed by atoms with Gasteiger partial charge < -0.3 is 15.7 Å². The molecule has 5 heteroatoms. The van der Waals surface area contributed by atoms with E-state index in [1.165, 1.54) is 11.1 Å². The maximum absolute atomic E-state index is 12.3. The van der Waals surface area contributed by atoms with Gasteiger partial charge in [0.05, 0.1) is 5.60 Å². The molecule has 0 aliphatic carbocycles. The van der Waals surface area contributed by atoms with Gasteiger partial charge in [0.25, 0.3) is 0 Å². The number of hydrogen-bond acceptors (Lipinski definition) is 3. The zero-order valence-corrected chi connectivity index (χ0v) is 14.7. The van der Waals surface area contributed by atoms with Gasteiger partial charge in [0.15, 0.2) is 0 Å². The Bertz CT molecular complexity index is 738. The van der Waals surface area contributed by atoms with E-state index in [0.717, 1.165) is 30.9 Å². The van der Waals surface area contributed by atoms with Crippen molar-refractivity contribution < 1.29 is 9.90 Å². The number of β-amino-alcohol motifs (C(OH)–C–C–N with tert-alkyl or cyclic N) is 1. The van der Waals surface area contributed by atoms with E-state index in [4.69, 9.17) is 0 Å². The second-order valence-corrected chi connectivity index (χ2v) is 7.16. The van der Waals surface area contributed by atoms with Crippen LogP contribution in [0.15, 0.2) is 48.5 Å². The van der Waals surface area contributed by atoms with Gasteiger partial charge in [0, 0.05) is 31.0 Å². The maximum Gasteiger partial charge on any atom is 0.323 e. The van der Waals surface area contributed by atoms with Gasteiger partial charge in [-0.15, -0.1) is 0 Å². The van der Waals surface area contributed by atoms with Crippen LogP contribution in [-0.2, 0) is 13.0 Å². The first-order valence-electron chi connectivity index (χ1n) is 8.59. The van der Waals surface area contributed by atoms with Gasteiger partial charge in [-0.2, -0.15) is 0 Å². The number of benzene rings is 2. The highest BCUT2D eigenvalue weighted by Gasteiger charge is 2.24. The van der Waals surface area contributed by atoms with Gasteiger partial charge in [-0.25, -0.2) is 4.79 Å². The molecule has 2 aromatic rings. The number of hydrogen-bond donors (Lipinski definition) is 3. The zero-order chi connectivity index (χ0) is 17.9. The second-order valence-electron chi connectivity index (χ2n) is 7.16. The standard InChI is InChI=1S/C20H25N3O2/c1-20(2,25)14-23-12-11-17-15(13-23)7-6-10-18(17)22-19(24)21-16-8-4-3-5-9-16/h3-10,25H,11-14H2,1-2H3,(H2,21,22,24). The van der Waals surface area contributed by atoms with Gasteiger partial charge in [-0.1, -0.05) is 30.3 Å². The Morgan fingerprint density at radius 1 is 1.12 bits per heavy atom. The van der Waals surface area contributed by atoms with Crippen LogP contribution in [-0.4, -0.2) is 34.7 Å². The summed E-state index contributed by atoms with van der Waals surface area (Å²) in [5, 5.41) is 15.8. The molecule has 2 amide bonds. The van der Waals surface area contributed by atoms with E-state index in [1.807, 2.05) is 56.3 Å². The fourth-order valence-corrected chi connectivity index (χ4v) is 3.27. The van der Waals surface area contributed by atoms with Gasteiger partial charge in [-0.05, 0) is 49.6 Å². The molecule has 0 bridgehead atoms. The Labute approximate surface area is 148 Å². The molecule has 1 aliphatic rings. The van der Waals surface area contributed by atoms with Gasteiger partial charge in [0.2, 0.25) is 0 Å². The molecule has 1 aliphatic heterocycles. The fraction of sp³-hybridized carbons (Fsp3) is 0.350. The molecule has 3 rings (SSSR count). The lowest BCUT2D eigenvalue weighted by molar-refractivity contribution is 0.0318. The minimum Gasteiger partial charge on any atom is -0.389 e. The number of carbonyl (C=O) groups excluding carboxylic acids is 1. The average molecular weight is 339 g/mol. The summed E-state index contributed by atoms with van der Waals surface area (Å²) in [6, 6.07) is 15.2. The number of fused-ring (bicyclic) bond motifs is 1. The predicted molar refractivity (Wildman–Crippen MR) is 101 cm³/mol. The van der Waals surface area contributed by atoms with E-state index in [1.54, 1.807) is 0 Å². The lowest BCUT2D eigenvalue weighted by atomic mass is 9.96. The topological polar surface area (TPSA) is 64.6 Å². The van der Waals surface area contributed by atoms with E-state index in [9.17, 15) is 9.90 Å². The summed E-state index contributed by atoms with van der Waals surface area (Å²) >= 11 is 0. The van der Waals surface area contributed by atoms with Crippen LogP contribution in [0.25, 0.3) is 0 Å². The van der Waals surface area contributed by atoms with E-state index in [2.05, 4.69) is 21.6 Å². The minimum absolute atomic E-state index is 0.237. The second kappa shape index (κ2) is 7.25. The molecule has 5 nitrogen and oxygen atoms in total. The molecule has 3 N–H and O–H groups in total. The third-order valence-electron chi connectivity index (χ3n) is 4.24. The lowest BCUT2D eigenvalue weighted by Gasteiger charge is -2.33. The summed E-state index contributed by atoms with van der Waals surface area (Å²) in [6.07, 6.45) is 0.854. The first kappa shape index (κ1) is 17.5. The molecule has 132 valence electrons. The molecule has 0 saturated carbocycles. The lowest BCUT2D eigenvalue weighted by Crippen LogP contribution is -2.41. The number of urea groups is 1. The smallest absolute Gasteiger partial charge is 0.323 e. The number of nitrogens with zero attached hydrogens (tertiary/aromatic N) is 1. The number of amides is 2. The highest BCUT2D eigenvalue weighted by atomic mass is 16.3. The molecule has 0 atom stereocenters. The molecule has 0 unspecified atom stereocenters. The van der Waals surface area contributed by atoms with E-state index in [0.29, 0.717) is 6.54 Å². The molecule has 1 heterocycles. The number of carbonyl (C=O) groups is 1. The van der Waals surface area contributed by atoms with Crippen molar-refractivity contribution >= 4 is 17.4 Å². The van der Waals surface area contributed by atoms with Gasteiger partial charge in [0.1, 0.15) is 0 Å².